The summed E-state index contributed by atoms with van der Waals surface area (Å²) in [5.41, 5.74) is 0. The van der Waals surface area contributed by atoms with E-state index in [4.69, 9.17) is 14.2 Å². The van der Waals surface area contributed by atoms with Crippen molar-refractivity contribution >= 4 is 17.9 Å². The molecule has 0 aromatic heterocycles. The number of hydrogen-bond acceptors (Lipinski definition) is 6. The van der Waals surface area contributed by atoms with Gasteiger partial charge in [-0.2, -0.15) is 0 Å². The maximum atomic E-state index is 12.8. The van der Waals surface area contributed by atoms with E-state index in [9.17, 15) is 14.4 Å². The Kier molecular flexibility index (Phi) is 49.8. The molecule has 0 aromatic rings. The molecule has 63 heavy (non-hydrogen) atoms. The van der Waals surface area contributed by atoms with Crippen LogP contribution >= 0.6 is 0 Å². The Hall–Kier alpha value is -2.63. The lowest BCUT2D eigenvalue weighted by Gasteiger charge is -2.18. The summed E-state index contributed by atoms with van der Waals surface area (Å²) in [5, 5.41) is 0. The van der Waals surface area contributed by atoms with Crippen LogP contribution in [0.5, 0.6) is 0 Å². The van der Waals surface area contributed by atoms with Crippen molar-refractivity contribution in [2.45, 2.75) is 284 Å². The lowest BCUT2D eigenvalue weighted by Crippen LogP contribution is -2.30. The molecule has 0 heterocycles. The van der Waals surface area contributed by atoms with Gasteiger partial charge in [0.1, 0.15) is 13.2 Å². The molecule has 6 heteroatoms. The molecule has 0 radical (unpaired) electrons. The Bertz CT molecular complexity index is 1110. The second kappa shape index (κ2) is 52.0. The number of allylic oxidation sites excluding steroid dienone is 8. The van der Waals surface area contributed by atoms with Crippen molar-refractivity contribution in [2.24, 2.45) is 0 Å². The zero-order valence-electron chi connectivity index (χ0n) is 41.8. The standard InChI is InChI=1S/C57H102O6/c1-4-7-10-13-16-19-22-24-26-27-28-29-31-33-36-38-41-44-47-50-56(59)62-53-54(63-57(60)51-48-45-42-39-34-21-18-15-12-9-6-3)52-61-55(58)49-46-43-40-37-35-32-30-25-23-20-17-14-11-8-5-2/h15-16,18-19,24-26,30,54H,4-14,17,20-23,27-29,31-53H2,1-3H3/b18-15-,19-16-,26-24-,30-25-/t54-/m0/s1. The van der Waals surface area contributed by atoms with Gasteiger partial charge in [-0.3, -0.25) is 14.4 Å². The van der Waals surface area contributed by atoms with Crippen LogP contribution < -0.4 is 0 Å². The number of unbranched alkanes of at least 4 members (excludes halogenated alkanes) is 30. The molecule has 6 nitrogen and oxygen atoms in total. The molecule has 0 amide bonds. The second-order valence-corrected chi connectivity index (χ2v) is 18.1. The van der Waals surface area contributed by atoms with Gasteiger partial charge in [0.25, 0.3) is 0 Å². The van der Waals surface area contributed by atoms with Gasteiger partial charge < -0.3 is 14.2 Å². The number of rotatable bonds is 49. The average molecular weight is 883 g/mol. The molecule has 0 saturated heterocycles. The van der Waals surface area contributed by atoms with Gasteiger partial charge in [-0.05, 0) is 96.3 Å². The molecule has 0 aromatic carbocycles. The summed E-state index contributed by atoms with van der Waals surface area (Å²) in [6.07, 6.45) is 62.4. The number of ether oxygens (including phenoxy) is 3. The fraction of sp³-hybridized carbons (Fsp3) is 0.807. The SMILES string of the molecule is CCCC/C=C\CCCCCCCC(=O)O[C@@H](COC(=O)CCCCCCC/C=C\CCCCCCCC)COC(=O)CCCCCCCCCCC/C=C\C/C=C\CCCCC. The summed E-state index contributed by atoms with van der Waals surface area (Å²) in [7, 11) is 0. The van der Waals surface area contributed by atoms with Crippen LogP contribution in [-0.4, -0.2) is 37.2 Å². The van der Waals surface area contributed by atoms with Crippen molar-refractivity contribution in [1.29, 1.82) is 0 Å². The van der Waals surface area contributed by atoms with Gasteiger partial charge in [0, 0.05) is 19.3 Å². The topological polar surface area (TPSA) is 78.9 Å². The first-order valence-corrected chi connectivity index (χ1v) is 27.1. The van der Waals surface area contributed by atoms with Gasteiger partial charge in [0.15, 0.2) is 6.10 Å². The zero-order chi connectivity index (χ0) is 45.8. The van der Waals surface area contributed by atoms with Crippen molar-refractivity contribution in [2.75, 3.05) is 13.2 Å². The molecular formula is C57H102O6. The minimum Gasteiger partial charge on any atom is -0.462 e. The summed E-state index contributed by atoms with van der Waals surface area (Å²) in [4.78, 5) is 38.0. The first kappa shape index (κ1) is 60.4. The highest BCUT2D eigenvalue weighted by Crippen LogP contribution is 2.15. The predicted octanol–water partition coefficient (Wildman–Crippen LogP) is 17.9. The van der Waals surface area contributed by atoms with Gasteiger partial charge in [-0.25, -0.2) is 0 Å². The Morgan fingerprint density at radius 2 is 0.587 bits per heavy atom. The maximum Gasteiger partial charge on any atom is 0.306 e. The van der Waals surface area contributed by atoms with Crippen LogP contribution in [0.3, 0.4) is 0 Å². The molecule has 0 fully saturated rings. The van der Waals surface area contributed by atoms with Gasteiger partial charge in [-0.1, -0.05) is 211 Å². The van der Waals surface area contributed by atoms with Crippen molar-refractivity contribution in [3.63, 3.8) is 0 Å². The third-order valence-corrected chi connectivity index (χ3v) is 11.8. The Balaban J connectivity index is 4.32. The molecule has 0 spiro atoms. The van der Waals surface area contributed by atoms with Crippen LogP contribution in [0.2, 0.25) is 0 Å². The highest BCUT2D eigenvalue weighted by Gasteiger charge is 2.19. The van der Waals surface area contributed by atoms with Crippen LogP contribution in [-0.2, 0) is 28.6 Å². The minimum absolute atomic E-state index is 0.0804. The normalized spacial score (nSPS) is 12.4. The number of carbonyl (C=O) groups is 3. The average Bonchev–Trinajstić information content (AvgIpc) is 3.28. The lowest BCUT2D eigenvalue weighted by molar-refractivity contribution is -0.167. The fourth-order valence-electron chi connectivity index (χ4n) is 7.62. The highest BCUT2D eigenvalue weighted by atomic mass is 16.6. The zero-order valence-corrected chi connectivity index (χ0v) is 41.8. The van der Waals surface area contributed by atoms with Crippen LogP contribution in [0, 0.1) is 0 Å². The van der Waals surface area contributed by atoms with E-state index in [1.54, 1.807) is 0 Å². The smallest absolute Gasteiger partial charge is 0.306 e. The third-order valence-electron chi connectivity index (χ3n) is 11.8. The molecule has 0 unspecified atom stereocenters. The van der Waals surface area contributed by atoms with E-state index in [0.717, 1.165) is 83.5 Å². The van der Waals surface area contributed by atoms with E-state index < -0.39 is 6.10 Å². The van der Waals surface area contributed by atoms with E-state index in [-0.39, 0.29) is 31.1 Å². The molecule has 0 rings (SSSR count). The van der Waals surface area contributed by atoms with Crippen molar-refractivity contribution in [3.05, 3.63) is 48.6 Å². The van der Waals surface area contributed by atoms with E-state index >= 15 is 0 Å². The van der Waals surface area contributed by atoms with E-state index in [1.807, 2.05) is 0 Å². The number of carbonyl (C=O) groups excluding carboxylic acids is 3. The molecule has 0 aliphatic carbocycles. The number of hydrogen-bond donors (Lipinski definition) is 0. The van der Waals surface area contributed by atoms with Crippen LogP contribution in [0.15, 0.2) is 48.6 Å². The van der Waals surface area contributed by atoms with Gasteiger partial charge in [-0.15, -0.1) is 0 Å². The monoisotopic (exact) mass is 883 g/mol. The van der Waals surface area contributed by atoms with Gasteiger partial charge >= 0.3 is 17.9 Å². The molecule has 366 valence electrons. The Labute approximate surface area is 390 Å². The quantitative estimate of drug-likeness (QED) is 0.0262. The third kappa shape index (κ3) is 50.2. The van der Waals surface area contributed by atoms with Crippen molar-refractivity contribution in [1.82, 2.24) is 0 Å². The Morgan fingerprint density at radius 3 is 0.968 bits per heavy atom. The maximum absolute atomic E-state index is 12.8. The summed E-state index contributed by atoms with van der Waals surface area (Å²) < 4.78 is 16.8. The number of esters is 3. The molecule has 1 atom stereocenters. The van der Waals surface area contributed by atoms with Crippen molar-refractivity contribution < 1.29 is 28.6 Å². The predicted molar refractivity (Wildman–Crippen MR) is 270 cm³/mol. The first-order chi connectivity index (χ1) is 31.0. The summed E-state index contributed by atoms with van der Waals surface area (Å²) in [6, 6.07) is 0. The van der Waals surface area contributed by atoms with Crippen LogP contribution in [0.25, 0.3) is 0 Å². The minimum atomic E-state index is -0.780. The molecule has 0 N–H and O–H groups in total. The molecular weight excluding hydrogens is 781 g/mol. The molecule has 0 saturated carbocycles. The Morgan fingerprint density at radius 1 is 0.317 bits per heavy atom. The summed E-state index contributed by atoms with van der Waals surface area (Å²) >= 11 is 0. The van der Waals surface area contributed by atoms with Gasteiger partial charge in [0.2, 0.25) is 0 Å². The van der Waals surface area contributed by atoms with E-state index in [2.05, 4.69) is 69.4 Å². The fourth-order valence-corrected chi connectivity index (χ4v) is 7.62. The van der Waals surface area contributed by atoms with Crippen molar-refractivity contribution in [3.8, 4) is 0 Å². The van der Waals surface area contributed by atoms with E-state index in [0.29, 0.717) is 19.3 Å². The van der Waals surface area contributed by atoms with Crippen LogP contribution in [0.4, 0.5) is 0 Å². The van der Waals surface area contributed by atoms with Gasteiger partial charge in [0.05, 0.1) is 0 Å². The summed E-state index contributed by atoms with van der Waals surface area (Å²) in [6.45, 7) is 6.57. The van der Waals surface area contributed by atoms with E-state index in [1.165, 1.54) is 154 Å². The first-order valence-electron chi connectivity index (χ1n) is 27.1. The molecule has 0 aliphatic rings. The summed E-state index contributed by atoms with van der Waals surface area (Å²) in [5.74, 6) is -0.895. The molecule has 0 aliphatic heterocycles. The lowest BCUT2D eigenvalue weighted by atomic mass is 10.1. The molecule has 0 bridgehead atoms. The second-order valence-electron chi connectivity index (χ2n) is 18.1. The highest BCUT2D eigenvalue weighted by molar-refractivity contribution is 5.71. The van der Waals surface area contributed by atoms with Crippen LogP contribution in [0.1, 0.15) is 278 Å². The largest absolute Gasteiger partial charge is 0.462 e.